The van der Waals surface area contributed by atoms with Crippen molar-refractivity contribution in [3.63, 3.8) is 0 Å². The number of hydrogen-bond acceptors (Lipinski definition) is 6. The number of hydrogen-bond donors (Lipinski definition) is 0. The van der Waals surface area contributed by atoms with Crippen molar-refractivity contribution in [2.45, 2.75) is 297 Å². The molecule has 6 nitrogen and oxygen atoms in total. The van der Waals surface area contributed by atoms with Gasteiger partial charge in [-0.25, -0.2) is 0 Å². The Morgan fingerprint density at radius 3 is 0.971 bits per heavy atom. The lowest BCUT2D eigenvalue weighted by Crippen LogP contribution is -2.30. The second-order valence-corrected chi connectivity index (χ2v) is 19.5. The molecule has 0 N–H and O–H groups in total. The van der Waals surface area contributed by atoms with E-state index in [2.05, 4.69) is 93.7 Å². The van der Waals surface area contributed by atoms with Crippen LogP contribution >= 0.6 is 0 Å². The highest BCUT2D eigenvalue weighted by molar-refractivity contribution is 5.71. The van der Waals surface area contributed by atoms with Crippen molar-refractivity contribution >= 4 is 17.9 Å². The molecule has 0 spiro atoms. The summed E-state index contributed by atoms with van der Waals surface area (Å²) in [5, 5.41) is 0. The van der Waals surface area contributed by atoms with Crippen LogP contribution in [0.3, 0.4) is 0 Å². The third-order valence-electron chi connectivity index (χ3n) is 12.7. The highest BCUT2D eigenvalue weighted by Crippen LogP contribution is 2.16. The van der Waals surface area contributed by atoms with E-state index in [1.165, 1.54) is 161 Å². The zero-order chi connectivity index (χ0) is 50.0. The molecule has 0 amide bonds. The summed E-state index contributed by atoms with van der Waals surface area (Å²) in [5.41, 5.74) is 0. The van der Waals surface area contributed by atoms with Gasteiger partial charge in [-0.3, -0.25) is 14.4 Å². The first-order valence-corrected chi connectivity index (χ1v) is 29.4. The number of esters is 3. The number of unbranched alkanes of at least 4 members (excludes halogenated alkanes) is 30. The molecule has 1 atom stereocenters. The molecule has 0 radical (unpaired) electrons. The first kappa shape index (κ1) is 65.8. The first-order valence-electron chi connectivity index (χ1n) is 29.4. The Hall–Kier alpha value is -3.15. The van der Waals surface area contributed by atoms with Crippen molar-refractivity contribution in [1.29, 1.82) is 0 Å². The van der Waals surface area contributed by atoms with E-state index in [-0.39, 0.29) is 37.5 Å². The number of ether oxygens (including phenoxy) is 3. The molecule has 0 aliphatic rings. The molecule has 398 valence electrons. The Morgan fingerprint density at radius 2 is 0.580 bits per heavy atom. The Labute approximate surface area is 427 Å². The zero-order valence-electron chi connectivity index (χ0n) is 45.6. The van der Waals surface area contributed by atoms with Crippen LogP contribution in [0.5, 0.6) is 0 Å². The molecule has 0 aliphatic carbocycles. The van der Waals surface area contributed by atoms with Crippen molar-refractivity contribution in [1.82, 2.24) is 0 Å². The van der Waals surface area contributed by atoms with Crippen molar-refractivity contribution in [3.05, 3.63) is 72.9 Å². The lowest BCUT2D eigenvalue weighted by Gasteiger charge is -2.18. The molecule has 69 heavy (non-hydrogen) atoms. The summed E-state index contributed by atoms with van der Waals surface area (Å²) in [6.07, 6.45) is 73.4. The largest absolute Gasteiger partial charge is 0.462 e. The molecule has 1 unspecified atom stereocenters. The summed E-state index contributed by atoms with van der Waals surface area (Å²) in [6, 6.07) is 0. The van der Waals surface area contributed by atoms with E-state index in [9.17, 15) is 14.4 Å². The molecular formula is C63H110O6. The van der Waals surface area contributed by atoms with E-state index in [1.54, 1.807) is 0 Å². The van der Waals surface area contributed by atoms with E-state index in [0.717, 1.165) is 83.5 Å². The van der Waals surface area contributed by atoms with E-state index in [0.29, 0.717) is 19.3 Å². The van der Waals surface area contributed by atoms with E-state index in [4.69, 9.17) is 14.2 Å². The number of carbonyl (C=O) groups is 3. The topological polar surface area (TPSA) is 78.9 Å². The standard InChI is InChI=1S/C63H110O6/c1-4-7-10-13-16-19-22-25-27-29-30-31-32-33-35-36-38-41-44-47-50-53-56-62(65)68-59-60(58-67-61(64)55-52-49-46-43-40-24-21-18-15-12-9-6-3)69-63(66)57-54-51-48-45-42-39-37-34-28-26-23-20-17-14-11-8-5-2/h8,11,17-18,20-21,26,28,37,39,45,48,60H,4-7,9-10,12-16,19,22-25,27,29-36,38,40-44,46-47,49-59H2,1-3H3/b11-8-,20-17-,21-18-,28-26-,39-37-,48-45-. The molecule has 0 aromatic rings. The van der Waals surface area contributed by atoms with Crippen LogP contribution in [0.15, 0.2) is 72.9 Å². The molecule has 0 aliphatic heterocycles. The van der Waals surface area contributed by atoms with Crippen LogP contribution in [0.2, 0.25) is 0 Å². The van der Waals surface area contributed by atoms with Crippen molar-refractivity contribution < 1.29 is 28.6 Å². The van der Waals surface area contributed by atoms with Gasteiger partial charge in [-0.15, -0.1) is 0 Å². The van der Waals surface area contributed by atoms with Crippen LogP contribution in [-0.4, -0.2) is 37.2 Å². The molecule has 0 saturated carbocycles. The van der Waals surface area contributed by atoms with Crippen molar-refractivity contribution in [3.8, 4) is 0 Å². The maximum absolute atomic E-state index is 12.8. The van der Waals surface area contributed by atoms with Crippen LogP contribution in [0.4, 0.5) is 0 Å². The van der Waals surface area contributed by atoms with Gasteiger partial charge in [0.15, 0.2) is 6.10 Å². The molecule has 0 heterocycles. The predicted octanol–water partition coefficient (Wildman–Crippen LogP) is 19.8. The number of allylic oxidation sites excluding steroid dienone is 12. The molecule has 6 heteroatoms. The Balaban J connectivity index is 4.36. The van der Waals surface area contributed by atoms with E-state index < -0.39 is 6.10 Å². The Kier molecular flexibility index (Phi) is 54.8. The number of rotatable bonds is 53. The van der Waals surface area contributed by atoms with Gasteiger partial charge < -0.3 is 14.2 Å². The average molecular weight is 964 g/mol. The minimum absolute atomic E-state index is 0.0982. The maximum Gasteiger partial charge on any atom is 0.306 e. The summed E-state index contributed by atoms with van der Waals surface area (Å²) in [7, 11) is 0. The maximum atomic E-state index is 12.8. The van der Waals surface area contributed by atoms with E-state index in [1.807, 2.05) is 0 Å². The van der Waals surface area contributed by atoms with Crippen molar-refractivity contribution in [2.24, 2.45) is 0 Å². The smallest absolute Gasteiger partial charge is 0.306 e. The summed E-state index contributed by atoms with van der Waals surface area (Å²) < 4.78 is 16.8. The minimum atomic E-state index is -0.807. The van der Waals surface area contributed by atoms with Gasteiger partial charge in [0.2, 0.25) is 0 Å². The van der Waals surface area contributed by atoms with Gasteiger partial charge in [-0.05, 0) is 83.5 Å². The zero-order valence-corrected chi connectivity index (χ0v) is 45.6. The fourth-order valence-corrected chi connectivity index (χ4v) is 8.30. The summed E-state index contributed by atoms with van der Waals surface area (Å²) in [5.74, 6) is -0.957. The molecule has 0 bridgehead atoms. The molecule has 0 aromatic heterocycles. The van der Waals surface area contributed by atoms with Crippen LogP contribution in [0.25, 0.3) is 0 Å². The normalized spacial score (nSPS) is 12.6. The minimum Gasteiger partial charge on any atom is -0.462 e. The third kappa shape index (κ3) is 55.6. The molecule has 0 fully saturated rings. The second kappa shape index (κ2) is 57.4. The third-order valence-corrected chi connectivity index (χ3v) is 12.7. The van der Waals surface area contributed by atoms with Gasteiger partial charge >= 0.3 is 17.9 Å². The van der Waals surface area contributed by atoms with Crippen LogP contribution in [0, 0.1) is 0 Å². The first-order chi connectivity index (χ1) is 34.0. The fraction of sp³-hybridized carbons (Fsp3) is 0.762. The fourth-order valence-electron chi connectivity index (χ4n) is 8.30. The summed E-state index contributed by atoms with van der Waals surface area (Å²) in [4.78, 5) is 38.1. The van der Waals surface area contributed by atoms with Gasteiger partial charge in [0.1, 0.15) is 13.2 Å². The SMILES string of the molecule is CC/C=C\C/C=C\C/C=C\C/C=C\C/C=C\CCCC(=O)OC(COC(=O)CCCCCCC/C=C\CCCCC)COC(=O)CCCCCCCCCCCCCCCCCCCCCCCC. The Morgan fingerprint density at radius 1 is 0.304 bits per heavy atom. The van der Waals surface area contributed by atoms with Crippen molar-refractivity contribution in [2.75, 3.05) is 13.2 Å². The lowest BCUT2D eigenvalue weighted by atomic mass is 10.0. The summed E-state index contributed by atoms with van der Waals surface area (Å²) >= 11 is 0. The molecule has 0 rings (SSSR count). The van der Waals surface area contributed by atoms with Gasteiger partial charge in [0.05, 0.1) is 0 Å². The van der Waals surface area contributed by atoms with Crippen LogP contribution in [0.1, 0.15) is 290 Å². The number of carbonyl (C=O) groups excluding carboxylic acids is 3. The monoisotopic (exact) mass is 963 g/mol. The van der Waals surface area contributed by atoms with Gasteiger partial charge in [-0.2, -0.15) is 0 Å². The second-order valence-electron chi connectivity index (χ2n) is 19.5. The van der Waals surface area contributed by atoms with Crippen LogP contribution < -0.4 is 0 Å². The lowest BCUT2D eigenvalue weighted by molar-refractivity contribution is -0.167. The molecule has 0 aromatic carbocycles. The van der Waals surface area contributed by atoms with Crippen LogP contribution in [-0.2, 0) is 28.6 Å². The Bertz CT molecular complexity index is 1290. The average Bonchev–Trinajstić information content (AvgIpc) is 3.35. The molecular weight excluding hydrogens is 853 g/mol. The quantitative estimate of drug-likeness (QED) is 0.0262. The van der Waals surface area contributed by atoms with Gasteiger partial charge in [-0.1, -0.05) is 261 Å². The predicted molar refractivity (Wildman–Crippen MR) is 298 cm³/mol. The van der Waals surface area contributed by atoms with E-state index >= 15 is 0 Å². The van der Waals surface area contributed by atoms with Gasteiger partial charge in [0, 0.05) is 19.3 Å². The highest BCUT2D eigenvalue weighted by Gasteiger charge is 2.19. The molecule has 0 saturated heterocycles. The highest BCUT2D eigenvalue weighted by atomic mass is 16.6. The summed E-state index contributed by atoms with van der Waals surface area (Å²) in [6.45, 7) is 6.47. The van der Waals surface area contributed by atoms with Gasteiger partial charge in [0.25, 0.3) is 0 Å².